The van der Waals surface area contributed by atoms with Crippen molar-refractivity contribution in [2.75, 3.05) is 11.5 Å². The summed E-state index contributed by atoms with van der Waals surface area (Å²) >= 11 is 3.65. The Morgan fingerprint density at radius 2 is 1.40 bits per heavy atom. The number of ether oxygens (including phenoxy) is 1. The second-order valence-corrected chi connectivity index (χ2v) is 12.9. The highest BCUT2D eigenvalue weighted by molar-refractivity contribution is 8.01. The third kappa shape index (κ3) is 8.65. The third-order valence-electron chi connectivity index (χ3n) is 7.24. The maximum atomic E-state index is 13.6. The van der Waals surface area contributed by atoms with Crippen molar-refractivity contribution in [2.24, 2.45) is 0 Å². The molecule has 0 N–H and O–H groups in total. The summed E-state index contributed by atoms with van der Waals surface area (Å²) in [5, 5.41) is 0. The lowest BCUT2D eigenvalue weighted by atomic mass is 9.92. The van der Waals surface area contributed by atoms with E-state index in [-0.39, 0.29) is 5.97 Å². The number of unbranched alkanes of at least 4 members (excludes halogenated alkanes) is 5. The number of hydrogen-bond donors (Lipinski definition) is 0. The van der Waals surface area contributed by atoms with Crippen molar-refractivity contribution in [2.45, 2.75) is 74.9 Å². The van der Waals surface area contributed by atoms with E-state index in [1.54, 1.807) is 11.8 Å². The van der Waals surface area contributed by atoms with Crippen LogP contribution in [0.1, 0.15) is 70.8 Å². The van der Waals surface area contributed by atoms with Gasteiger partial charge in [-0.15, -0.1) is 23.5 Å². The Kier molecular flexibility index (Phi) is 12.1. The molecule has 1 unspecified atom stereocenters. The van der Waals surface area contributed by atoms with Crippen molar-refractivity contribution in [1.82, 2.24) is 0 Å². The highest BCUT2D eigenvalue weighted by Crippen LogP contribution is 2.39. The Bertz CT molecular complexity index is 1250. The van der Waals surface area contributed by atoms with Gasteiger partial charge in [-0.05, 0) is 77.3 Å². The standard InChI is InChI=1S/C36H42O2S2/c1-3-5-7-12-27-39-34-21-17-31(18-22-34)30-15-19-33(20-16-30)38-35(37)36(40-28-11-6-4-2)25-23-32(24-26-36)29-13-9-8-10-14-29/h8-10,13-25H,3-7,11-12,26-28H2,1-2H3. The monoisotopic (exact) mass is 570 g/mol. The Labute approximate surface area is 249 Å². The molecule has 4 heteroatoms. The van der Waals surface area contributed by atoms with Crippen LogP contribution in [0.5, 0.6) is 5.75 Å². The topological polar surface area (TPSA) is 26.3 Å². The second kappa shape index (κ2) is 15.9. The fourth-order valence-electron chi connectivity index (χ4n) is 4.76. The first-order valence-electron chi connectivity index (χ1n) is 14.8. The Morgan fingerprint density at radius 3 is 2.05 bits per heavy atom. The molecule has 210 valence electrons. The van der Waals surface area contributed by atoms with Crippen LogP contribution in [0.25, 0.3) is 16.7 Å². The second-order valence-electron chi connectivity index (χ2n) is 10.4. The SMILES string of the molecule is CCCCCCSc1ccc(-c2ccc(OC(=O)C3(SCCCCC)C=CC(c4ccccc4)=CC3)cc2)cc1. The quantitative estimate of drug-likeness (QED) is 0.0786. The van der Waals surface area contributed by atoms with Crippen LogP contribution in [0.15, 0.2) is 102 Å². The largest absolute Gasteiger partial charge is 0.425 e. The molecular formula is C36H42O2S2. The van der Waals surface area contributed by atoms with Gasteiger partial charge in [-0.1, -0.05) is 119 Å². The Balaban J connectivity index is 1.38. The fraction of sp³-hybridized carbons (Fsp3) is 0.361. The van der Waals surface area contributed by atoms with Crippen molar-refractivity contribution in [3.63, 3.8) is 0 Å². The van der Waals surface area contributed by atoms with Gasteiger partial charge in [-0.3, -0.25) is 0 Å². The summed E-state index contributed by atoms with van der Waals surface area (Å²) in [5.41, 5.74) is 4.62. The molecule has 1 aliphatic carbocycles. The first-order valence-corrected chi connectivity index (χ1v) is 16.7. The molecular weight excluding hydrogens is 529 g/mol. The molecule has 40 heavy (non-hydrogen) atoms. The van der Waals surface area contributed by atoms with E-state index in [2.05, 4.69) is 68.5 Å². The van der Waals surface area contributed by atoms with Gasteiger partial charge in [0.15, 0.2) is 0 Å². The van der Waals surface area contributed by atoms with Crippen LogP contribution in [0.4, 0.5) is 0 Å². The summed E-state index contributed by atoms with van der Waals surface area (Å²) in [7, 11) is 0. The van der Waals surface area contributed by atoms with Crippen molar-refractivity contribution in [3.8, 4) is 16.9 Å². The van der Waals surface area contributed by atoms with Crippen LogP contribution in [-0.4, -0.2) is 22.2 Å². The number of thioether (sulfide) groups is 2. The van der Waals surface area contributed by atoms with E-state index in [1.807, 2.05) is 54.2 Å². The molecule has 0 bridgehead atoms. The summed E-state index contributed by atoms with van der Waals surface area (Å²) in [4.78, 5) is 14.9. The maximum Gasteiger partial charge on any atom is 0.331 e. The lowest BCUT2D eigenvalue weighted by molar-refractivity contribution is -0.135. The smallest absolute Gasteiger partial charge is 0.331 e. The molecule has 0 heterocycles. The average molecular weight is 571 g/mol. The van der Waals surface area contributed by atoms with Crippen LogP contribution in [0, 0.1) is 0 Å². The van der Waals surface area contributed by atoms with E-state index in [9.17, 15) is 4.79 Å². The minimum Gasteiger partial charge on any atom is -0.425 e. The molecule has 4 rings (SSSR count). The van der Waals surface area contributed by atoms with E-state index in [1.165, 1.54) is 60.3 Å². The van der Waals surface area contributed by atoms with E-state index < -0.39 is 4.75 Å². The number of allylic oxidation sites excluding steroid dienone is 3. The molecule has 0 amide bonds. The zero-order valence-corrected chi connectivity index (χ0v) is 25.6. The lowest BCUT2D eigenvalue weighted by Gasteiger charge is -2.29. The predicted octanol–water partition coefficient (Wildman–Crippen LogP) is 10.6. The molecule has 0 fully saturated rings. The summed E-state index contributed by atoms with van der Waals surface area (Å²) < 4.78 is 5.29. The zero-order valence-electron chi connectivity index (χ0n) is 23.9. The van der Waals surface area contributed by atoms with Gasteiger partial charge in [-0.2, -0.15) is 0 Å². The minimum atomic E-state index is -0.700. The van der Waals surface area contributed by atoms with Crippen LogP contribution in [0.3, 0.4) is 0 Å². The van der Waals surface area contributed by atoms with Gasteiger partial charge in [0, 0.05) is 4.90 Å². The molecule has 0 aliphatic heterocycles. The van der Waals surface area contributed by atoms with Crippen molar-refractivity contribution in [1.29, 1.82) is 0 Å². The number of carbonyl (C=O) groups is 1. The molecule has 0 aromatic heterocycles. The third-order valence-corrected chi connectivity index (χ3v) is 9.81. The normalized spacial score (nSPS) is 16.5. The van der Waals surface area contributed by atoms with Gasteiger partial charge in [0.05, 0.1) is 0 Å². The van der Waals surface area contributed by atoms with Crippen molar-refractivity contribution < 1.29 is 9.53 Å². The van der Waals surface area contributed by atoms with Gasteiger partial charge in [0.1, 0.15) is 10.5 Å². The van der Waals surface area contributed by atoms with Crippen LogP contribution in [0.2, 0.25) is 0 Å². The maximum absolute atomic E-state index is 13.6. The predicted molar refractivity (Wildman–Crippen MR) is 175 cm³/mol. The molecule has 0 spiro atoms. The van der Waals surface area contributed by atoms with Gasteiger partial charge in [0.25, 0.3) is 0 Å². The summed E-state index contributed by atoms with van der Waals surface area (Å²) in [6.07, 6.45) is 15.6. The lowest BCUT2D eigenvalue weighted by Crippen LogP contribution is -2.38. The van der Waals surface area contributed by atoms with Gasteiger partial charge < -0.3 is 4.74 Å². The Hall–Kier alpha value is -2.69. The first kappa shape index (κ1) is 30.3. The summed E-state index contributed by atoms with van der Waals surface area (Å²) in [5.74, 6) is 2.51. The molecule has 0 radical (unpaired) electrons. The molecule has 0 saturated carbocycles. The summed E-state index contributed by atoms with van der Waals surface area (Å²) in [6, 6.07) is 27.0. The van der Waals surface area contributed by atoms with Crippen LogP contribution in [-0.2, 0) is 4.79 Å². The van der Waals surface area contributed by atoms with Gasteiger partial charge in [-0.25, -0.2) is 4.79 Å². The van der Waals surface area contributed by atoms with Crippen molar-refractivity contribution >= 4 is 35.1 Å². The van der Waals surface area contributed by atoms with E-state index in [4.69, 9.17) is 4.74 Å². The molecule has 1 atom stereocenters. The number of carbonyl (C=O) groups excluding carboxylic acids is 1. The highest BCUT2D eigenvalue weighted by atomic mass is 32.2. The molecule has 0 saturated heterocycles. The first-order chi connectivity index (χ1) is 19.6. The number of rotatable bonds is 15. The van der Waals surface area contributed by atoms with Gasteiger partial charge in [0.2, 0.25) is 0 Å². The number of benzene rings is 3. The summed E-state index contributed by atoms with van der Waals surface area (Å²) in [6.45, 7) is 4.46. The number of hydrogen-bond acceptors (Lipinski definition) is 4. The molecule has 2 nitrogen and oxygen atoms in total. The fourth-order valence-corrected chi connectivity index (χ4v) is 6.91. The molecule has 3 aromatic carbocycles. The van der Waals surface area contributed by atoms with E-state index in [0.29, 0.717) is 12.2 Å². The number of esters is 1. The zero-order chi connectivity index (χ0) is 28.0. The van der Waals surface area contributed by atoms with Crippen LogP contribution < -0.4 is 4.74 Å². The van der Waals surface area contributed by atoms with Gasteiger partial charge >= 0.3 is 5.97 Å². The minimum absolute atomic E-state index is 0.193. The average Bonchev–Trinajstić information content (AvgIpc) is 3.01. The van der Waals surface area contributed by atoms with Crippen LogP contribution >= 0.6 is 23.5 Å². The molecule has 3 aromatic rings. The van der Waals surface area contributed by atoms with E-state index in [0.717, 1.165) is 23.3 Å². The molecule has 1 aliphatic rings. The van der Waals surface area contributed by atoms with Crippen molar-refractivity contribution in [3.05, 3.63) is 103 Å². The van der Waals surface area contributed by atoms with E-state index >= 15 is 0 Å². The Morgan fingerprint density at radius 1 is 0.750 bits per heavy atom. The highest BCUT2D eigenvalue weighted by Gasteiger charge is 2.39.